The third-order valence-corrected chi connectivity index (χ3v) is 3.76. The minimum absolute atomic E-state index is 0.00746. The molecule has 3 rings (SSSR count). The number of pyridine rings is 1. The maximum Gasteiger partial charge on any atom is 0.141 e. The van der Waals surface area contributed by atoms with E-state index in [1.54, 1.807) is 13.2 Å². The smallest absolute Gasteiger partial charge is 0.141 e. The molecule has 0 radical (unpaired) electrons. The fraction of sp³-hybridized carbons (Fsp3) is 0.312. The maximum absolute atomic E-state index is 13.0. The Balaban J connectivity index is 1.93. The molecule has 1 aromatic carbocycles. The predicted octanol–water partition coefficient (Wildman–Crippen LogP) is 2.54. The SMILES string of the molecule is COc1cccc([C@H]2C[C@@H](O)CN2c2ccc(F)cn2)c1. The van der Waals surface area contributed by atoms with Crippen LogP contribution in [0.1, 0.15) is 18.0 Å². The lowest BCUT2D eigenvalue weighted by molar-refractivity contribution is 0.194. The van der Waals surface area contributed by atoms with Crippen molar-refractivity contribution in [3.63, 3.8) is 0 Å². The number of hydrogen-bond donors (Lipinski definition) is 1. The number of hydrogen-bond acceptors (Lipinski definition) is 4. The Morgan fingerprint density at radius 3 is 2.90 bits per heavy atom. The molecule has 0 bridgehead atoms. The number of benzene rings is 1. The Morgan fingerprint density at radius 2 is 2.19 bits per heavy atom. The zero-order chi connectivity index (χ0) is 14.8. The molecule has 0 unspecified atom stereocenters. The molecule has 1 aliphatic rings. The molecule has 2 atom stereocenters. The first-order chi connectivity index (χ1) is 10.2. The number of rotatable bonds is 3. The van der Waals surface area contributed by atoms with Gasteiger partial charge in [-0.05, 0) is 36.2 Å². The van der Waals surface area contributed by atoms with E-state index in [1.807, 2.05) is 29.2 Å². The van der Waals surface area contributed by atoms with Crippen molar-refractivity contribution in [3.8, 4) is 5.75 Å². The topological polar surface area (TPSA) is 45.6 Å². The standard InChI is InChI=1S/C16H17FN2O2/c1-21-14-4-2-3-11(7-14)15-8-13(20)10-19(15)16-6-5-12(17)9-18-16/h2-7,9,13,15,20H,8,10H2,1H3/t13-,15-/m1/s1. The van der Waals surface area contributed by atoms with E-state index in [1.165, 1.54) is 12.3 Å². The van der Waals surface area contributed by atoms with Crippen LogP contribution in [0.5, 0.6) is 5.75 Å². The van der Waals surface area contributed by atoms with Crippen LogP contribution in [-0.4, -0.2) is 29.8 Å². The fourth-order valence-corrected chi connectivity index (χ4v) is 2.77. The molecule has 1 aliphatic heterocycles. The lowest BCUT2D eigenvalue weighted by Crippen LogP contribution is -2.25. The summed E-state index contributed by atoms with van der Waals surface area (Å²) in [5, 5.41) is 10.00. The van der Waals surface area contributed by atoms with Crippen molar-refractivity contribution in [3.05, 3.63) is 54.0 Å². The van der Waals surface area contributed by atoms with Crippen molar-refractivity contribution in [2.24, 2.45) is 0 Å². The monoisotopic (exact) mass is 288 g/mol. The van der Waals surface area contributed by atoms with Gasteiger partial charge in [0, 0.05) is 6.54 Å². The summed E-state index contributed by atoms with van der Waals surface area (Å²) in [4.78, 5) is 6.12. The lowest BCUT2D eigenvalue weighted by atomic mass is 10.0. The number of halogens is 1. The van der Waals surface area contributed by atoms with Crippen LogP contribution in [0.2, 0.25) is 0 Å². The van der Waals surface area contributed by atoms with Gasteiger partial charge in [-0.1, -0.05) is 12.1 Å². The van der Waals surface area contributed by atoms with Crippen LogP contribution in [0, 0.1) is 5.82 Å². The van der Waals surface area contributed by atoms with E-state index in [0.29, 0.717) is 18.8 Å². The zero-order valence-corrected chi connectivity index (χ0v) is 11.7. The number of aromatic nitrogens is 1. The summed E-state index contributed by atoms with van der Waals surface area (Å²) in [6.45, 7) is 0.487. The molecule has 1 N–H and O–H groups in total. The Morgan fingerprint density at radius 1 is 1.33 bits per heavy atom. The normalized spacial score (nSPS) is 21.6. The number of ether oxygens (including phenoxy) is 1. The first kappa shape index (κ1) is 13.8. The third-order valence-electron chi connectivity index (χ3n) is 3.76. The fourth-order valence-electron chi connectivity index (χ4n) is 2.77. The molecule has 21 heavy (non-hydrogen) atoms. The van der Waals surface area contributed by atoms with Crippen LogP contribution in [0.25, 0.3) is 0 Å². The van der Waals surface area contributed by atoms with Gasteiger partial charge in [0.1, 0.15) is 17.4 Å². The Kier molecular flexibility index (Phi) is 3.75. The van der Waals surface area contributed by atoms with Gasteiger partial charge in [-0.25, -0.2) is 9.37 Å². The minimum Gasteiger partial charge on any atom is -0.497 e. The second kappa shape index (κ2) is 5.69. The maximum atomic E-state index is 13.0. The minimum atomic E-state index is -0.423. The molecule has 2 heterocycles. The van der Waals surface area contributed by atoms with Crippen molar-refractivity contribution < 1.29 is 14.2 Å². The molecule has 1 fully saturated rings. The summed E-state index contributed by atoms with van der Waals surface area (Å²) in [5.74, 6) is 1.08. The molecule has 5 heteroatoms. The molecular weight excluding hydrogens is 271 g/mol. The van der Waals surface area contributed by atoms with Gasteiger partial charge in [0.2, 0.25) is 0 Å². The Hall–Kier alpha value is -2.14. The lowest BCUT2D eigenvalue weighted by Gasteiger charge is -2.26. The molecule has 0 amide bonds. The summed E-state index contributed by atoms with van der Waals surface area (Å²) < 4.78 is 18.3. The van der Waals surface area contributed by atoms with Crippen molar-refractivity contribution in [2.45, 2.75) is 18.6 Å². The van der Waals surface area contributed by atoms with Crippen molar-refractivity contribution in [2.75, 3.05) is 18.6 Å². The van der Waals surface area contributed by atoms with Gasteiger partial charge in [0.15, 0.2) is 0 Å². The van der Waals surface area contributed by atoms with Crippen LogP contribution in [0.15, 0.2) is 42.6 Å². The van der Waals surface area contributed by atoms with E-state index in [0.717, 1.165) is 11.3 Å². The highest BCUT2D eigenvalue weighted by atomic mass is 19.1. The van der Waals surface area contributed by atoms with E-state index in [4.69, 9.17) is 4.74 Å². The molecule has 0 aliphatic carbocycles. The van der Waals surface area contributed by atoms with Gasteiger partial charge in [0.05, 0.1) is 25.5 Å². The highest BCUT2D eigenvalue weighted by Gasteiger charge is 2.33. The van der Waals surface area contributed by atoms with Gasteiger partial charge in [-0.2, -0.15) is 0 Å². The summed E-state index contributed by atoms with van der Waals surface area (Å²) >= 11 is 0. The van der Waals surface area contributed by atoms with Crippen molar-refractivity contribution >= 4 is 5.82 Å². The number of aliphatic hydroxyl groups excluding tert-OH is 1. The second-order valence-electron chi connectivity index (χ2n) is 5.17. The first-order valence-corrected chi connectivity index (χ1v) is 6.87. The Labute approximate surface area is 122 Å². The first-order valence-electron chi connectivity index (χ1n) is 6.87. The van der Waals surface area contributed by atoms with Crippen LogP contribution < -0.4 is 9.64 Å². The predicted molar refractivity (Wildman–Crippen MR) is 77.9 cm³/mol. The Bertz CT molecular complexity index is 618. The molecule has 1 saturated heterocycles. The zero-order valence-electron chi connectivity index (χ0n) is 11.7. The van der Waals surface area contributed by atoms with Crippen LogP contribution in [0.3, 0.4) is 0 Å². The van der Waals surface area contributed by atoms with E-state index in [9.17, 15) is 9.50 Å². The largest absolute Gasteiger partial charge is 0.497 e. The van der Waals surface area contributed by atoms with Crippen LogP contribution in [-0.2, 0) is 0 Å². The molecule has 2 aromatic rings. The molecule has 0 spiro atoms. The highest BCUT2D eigenvalue weighted by Crippen LogP contribution is 2.36. The second-order valence-corrected chi connectivity index (χ2v) is 5.17. The molecule has 4 nitrogen and oxygen atoms in total. The summed E-state index contributed by atoms with van der Waals surface area (Å²) in [6.07, 6.45) is 1.39. The van der Waals surface area contributed by atoms with Gasteiger partial charge in [-0.15, -0.1) is 0 Å². The number of anilines is 1. The van der Waals surface area contributed by atoms with Gasteiger partial charge in [0.25, 0.3) is 0 Å². The number of aliphatic hydroxyl groups is 1. The molecule has 110 valence electrons. The third kappa shape index (κ3) is 2.83. The molecule has 0 saturated carbocycles. The number of nitrogens with zero attached hydrogens (tertiary/aromatic N) is 2. The van der Waals surface area contributed by atoms with Gasteiger partial charge < -0.3 is 14.7 Å². The van der Waals surface area contributed by atoms with Crippen LogP contribution >= 0.6 is 0 Å². The van der Waals surface area contributed by atoms with Crippen molar-refractivity contribution in [1.82, 2.24) is 4.98 Å². The van der Waals surface area contributed by atoms with Gasteiger partial charge in [-0.3, -0.25) is 0 Å². The van der Waals surface area contributed by atoms with E-state index in [-0.39, 0.29) is 11.9 Å². The van der Waals surface area contributed by atoms with Crippen molar-refractivity contribution in [1.29, 1.82) is 0 Å². The molecule has 1 aromatic heterocycles. The quantitative estimate of drug-likeness (QED) is 0.942. The van der Waals surface area contributed by atoms with Crippen LogP contribution in [0.4, 0.5) is 10.2 Å². The average Bonchev–Trinajstić information content (AvgIpc) is 2.90. The summed E-state index contributed by atoms with van der Waals surface area (Å²) in [6, 6.07) is 10.8. The van der Waals surface area contributed by atoms with E-state index >= 15 is 0 Å². The highest BCUT2D eigenvalue weighted by molar-refractivity contribution is 5.45. The molecular formula is C16H17FN2O2. The average molecular weight is 288 g/mol. The summed E-state index contributed by atoms with van der Waals surface area (Å²) in [5.41, 5.74) is 1.05. The number of β-amino-alcohol motifs (C(OH)–C–C–N with tert-alkyl or cyclic N) is 1. The van der Waals surface area contributed by atoms with E-state index < -0.39 is 6.10 Å². The van der Waals surface area contributed by atoms with E-state index in [2.05, 4.69) is 4.98 Å². The number of methoxy groups -OCH3 is 1. The summed E-state index contributed by atoms with van der Waals surface area (Å²) in [7, 11) is 1.63. The van der Waals surface area contributed by atoms with Gasteiger partial charge >= 0.3 is 0 Å².